The van der Waals surface area contributed by atoms with Gasteiger partial charge in [0.05, 0.1) is 7.11 Å². The minimum Gasteiger partial charge on any atom is -0.496 e. The summed E-state index contributed by atoms with van der Waals surface area (Å²) in [6.07, 6.45) is 2.41. The first-order chi connectivity index (χ1) is 8.62. The zero-order chi connectivity index (χ0) is 13.5. The molecular weight excluding hydrogens is 246 g/mol. The zero-order valence-corrected chi connectivity index (χ0v) is 12.6. The largest absolute Gasteiger partial charge is 0.496 e. The third-order valence-electron chi connectivity index (χ3n) is 3.61. The zero-order valence-electron chi connectivity index (χ0n) is 11.8. The molecule has 2 nitrogen and oxygen atoms in total. The lowest BCUT2D eigenvalue weighted by molar-refractivity contribution is 0.348. The molecule has 1 unspecified atom stereocenters. The molecule has 102 valence electrons. The van der Waals surface area contributed by atoms with E-state index in [9.17, 15) is 0 Å². The van der Waals surface area contributed by atoms with Gasteiger partial charge in [-0.25, -0.2) is 0 Å². The highest BCUT2D eigenvalue weighted by atomic mass is 35.5. The predicted molar refractivity (Wildman–Crippen MR) is 78.4 cm³/mol. The lowest BCUT2D eigenvalue weighted by Crippen LogP contribution is -2.32. The molecule has 1 N–H and O–H groups in total. The second-order valence-corrected chi connectivity index (χ2v) is 5.14. The Morgan fingerprint density at radius 3 is 2.50 bits per heavy atom. The SMILES string of the molecule is CCC(CC)C(C)NCc1cc(Cl)ccc1OC. The number of rotatable bonds is 7. The van der Waals surface area contributed by atoms with Crippen LogP contribution in [0.25, 0.3) is 0 Å². The van der Waals surface area contributed by atoms with Crippen molar-refractivity contribution in [2.45, 2.75) is 46.2 Å². The van der Waals surface area contributed by atoms with Gasteiger partial charge in [0.25, 0.3) is 0 Å². The molecule has 0 aliphatic rings. The van der Waals surface area contributed by atoms with Crippen LogP contribution in [0.15, 0.2) is 18.2 Å². The van der Waals surface area contributed by atoms with Gasteiger partial charge >= 0.3 is 0 Å². The molecule has 1 rings (SSSR count). The van der Waals surface area contributed by atoms with Crippen molar-refractivity contribution in [1.29, 1.82) is 0 Å². The first kappa shape index (κ1) is 15.3. The van der Waals surface area contributed by atoms with E-state index < -0.39 is 0 Å². The lowest BCUT2D eigenvalue weighted by Gasteiger charge is -2.23. The van der Waals surface area contributed by atoms with Crippen LogP contribution in [-0.4, -0.2) is 13.2 Å². The van der Waals surface area contributed by atoms with Gasteiger partial charge in [-0.05, 0) is 31.0 Å². The Hall–Kier alpha value is -0.730. The van der Waals surface area contributed by atoms with Crippen LogP contribution in [0.2, 0.25) is 5.02 Å². The van der Waals surface area contributed by atoms with Crippen molar-refractivity contribution < 1.29 is 4.74 Å². The number of ether oxygens (including phenoxy) is 1. The van der Waals surface area contributed by atoms with Crippen LogP contribution < -0.4 is 10.1 Å². The van der Waals surface area contributed by atoms with Crippen molar-refractivity contribution in [2.24, 2.45) is 5.92 Å². The highest BCUT2D eigenvalue weighted by Gasteiger charge is 2.13. The standard InChI is InChI=1S/C15H24ClNO/c1-5-12(6-2)11(3)17-10-13-9-14(16)7-8-15(13)18-4/h7-9,11-12,17H,5-6,10H2,1-4H3. The van der Waals surface area contributed by atoms with Crippen molar-refractivity contribution in [2.75, 3.05) is 7.11 Å². The molecule has 0 amide bonds. The molecule has 1 aromatic carbocycles. The Bertz CT molecular complexity index is 364. The number of methoxy groups -OCH3 is 1. The average Bonchev–Trinajstić information content (AvgIpc) is 2.38. The summed E-state index contributed by atoms with van der Waals surface area (Å²) >= 11 is 6.02. The van der Waals surface area contributed by atoms with E-state index >= 15 is 0 Å². The van der Waals surface area contributed by atoms with E-state index in [1.54, 1.807) is 7.11 Å². The van der Waals surface area contributed by atoms with Crippen molar-refractivity contribution in [1.82, 2.24) is 5.32 Å². The van der Waals surface area contributed by atoms with Crippen LogP contribution in [0.1, 0.15) is 39.2 Å². The highest BCUT2D eigenvalue weighted by molar-refractivity contribution is 6.30. The van der Waals surface area contributed by atoms with Crippen molar-refractivity contribution in [3.8, 4) is 5.75 Å². The normalized spacial score (nSPS) is 12.8. The molecule has 0 heterocycles. The molecule has 0 fully saturated rings. The summed E-state index contributed by atoms with van der Waals surface area (Å²) in [6, 6.07) is 6.24. The number of benzene rings is 1. The van der Waals surface area contributed by atoms with E-state index in [-0.39, 0.29) is 0 Å². The Morgan fingerprint density at radius 1 is 1.28 bits per heavy atom. The Morgan fingerprint density at radius 2 is 1.94 bits per heavy atom. The van der Waals surface area contributed by atoms with Gasteiger partial charge in [0.15, 0.2) is 0 Å². The summed E-state index contributed by atoms with van der Waals surface area (Å²) in [4.78, 5) is 0. The molecule has 0 saturated carbocycles. The maximum atomic E-state index is 6.02. The molecule has 1 aromatic rings. The smallest absolute Gasteiger partial charge is 0.123 e. The van der Waals surface area contributed by atoms with Gasteiger partial charge in [-0.1, -0.05) is 38.3 Å². The Labute approximate surface area is 116 Å². The van der Waals surface area contributed by atoms with Crippen LogP contribution in [0.3, 0.4) is 0 Å². The molecule has 0 aromatic heterocycles. The van der Waals surface area contributed by atoms with Gasteiger partial charge in [0.2, 0.25) is 0 Å². The van der Waals surface area contributed by atoms with Gasteiger partial charge in [-0.2, -0.15) is 0 Å². The minimum atomic E-state index is 0.503. The summed E-state index contributed by atoms with van der Waals surface area (Å²) in [5, 5.41) is 4.32. The summed E-state index contributed by atoms with van der Waals surface area (Å²) in [5.74, 6) is 1.61. The molecule has 0 saturated heterocycles. The quantitative estimate of drug-likeness (QED) is 0.798. The molecule has 0 bridgehead atoms. The molecule has 3 heteroatoms. The first-order valence-electron chi connectivity index (χ1n) is 6.68. The highest BCUT2D eigenvalue weighted by Crippen LogP contribution is 2.23. The van der Waals surface area contributed by atoms with Crippen LogP contribution >= 0.6 is 11.6 Å². The van der Waals surface area contributed by atoms with E-state index in [1.807, 2.05) is 18.2 Å². The van der Waals surface area contributed by atoms with Gasteiger partial charge in [-0.15, -0.1) is 0 Å². The third kappa shape index (κ3) is 4.18. The fourth-order valence-electron chi connectivity index (χ4n) is 2.32. The third-order valence-corrected chi connectivity index (χ3v) is 3.85. The lowest BCUT2D eigenvalue weighted by atomic mass is 9.95. The van der Waals surface area contributed by atoms with Crippen molar-refractivity contribution in [3.63, 3.8) is 0 Å². The van der Waals surface area contributed by atoms with E-state index in [4.69, 9.17) is 16.3 Å². The number of nitrogens with one attached hydrogen (secondary N) is 1. The van der Waals surface area contributed by atoms with E-state index in [0.29, 0.717) is 6.04 Å². The van der Waals surface area contributed by atoms with Crippen molar-refractivity contribution >= 4 is 11.6 Å². The minimum absolute atomic E-state index is 0.503. The fourth-order valence-corrected chi connectivity index (χ4v) is 2.51. The van der Waals surface area contributed by atoms with Gasteiger partial charge < -0.3 is 10.1 Å². The Balaban J connectivity index is 2.65. The molecule has 18 heavy (non-hydrogen) atoms. The van der Waals surface area contributed by atoms with Crippen molar-refractivity contribution in [3.05, 3.63) is 28.8 Å². The number of hydrogen-bond donors (Lipinski definition) is 1. The maximum Gasteiger partial charge on any atom is 0.123 e. The average molecular weight is 270 g/mol. The van der Waals surface area contributed by atoms with Crippen LogP contribution in [-0.2, 0) is 6.54 Å². The summed E-state index contributed by atoms with van der Waals surface area (Å²) in [7, 11) is 1.69. The summed E-state index contributed by atoms with van der Waals surface area (Å²) in [5.41, 5.74) is 1.11. The summed E-state index contributed by atoms with van der Waals surface area (Å²) in [6.45, 7) is 7.52. The second kappa shape index (κ2) is 7.65. The van der Waals surface area contributed by atoms with E-state index in [2.05, 4.69) is 26.1 Å². The van der Waals surface area contributed by atoms with Crippen LogP contribution in [0.4, 0.5) is 0 Å². The second-order valence-electron chi connectivity index (χ2n) is 4.70. The number of hydrogen-bond acceptors (Lipinski definition) is 2. The Kier molecular flexibility index (Phi) is 6.51. The van der Waals surface area contributed by atoms with E-state index in [1.165, 1.54) is 12.8 Å². The molecule has 0 aliphatic carbocycles. The summed E-state index contributed by atoms with van der Waals surface area (Å²) < 4.78 is 5.35. The van der Waals surface area contributed by atoms with Crippen LogP contribution in [0.5, 0.6) is 5.75 Å². The molecule has 0 radical (unpaired) electrons. The first-order valence-corrected chi connectivity index (χ1v) is 7.05. The van der Waals surface area contributed by atoms with E-state index in [0.717, 1.165) is 28.8 Å². The fraction of sp³-hybridized carbons (Fsp3) is 0.600. The number of halogens is 1. The predicted octanol–water partition coefficient (Wildman–Crippen LogP) is 4.26. The van der Waals surface area contributed by atoms with Gasteiger partial charge in [-0.3, -0.25) is 0 Å². The monoisotopic (exact) mass is 269 g/mol. The van der Waals surface area contributed by atoms with Gasteiger partial charge in [0.1, 0.15) is 5.75 Å². The molecule has 0 aliphatic heterocycles. The molecule has 0 spiro atoms. The van der Waals surface area contributed by atoms with Crippen LogP contribution in [0, 0.1) is 5.92 Å². The van der Waals surface area contributed by atoms with Gasteiger partial charge in [0, 0.05) is 23.2 Å². The molecular formula is C15H24ClNO. The topological polar surface area (TPSA) is 21.3 Å². The molecule has 1 atom stereocenters. The maximum absolute atomic E-state index is 6.02.